The van der Waals surface area contributed by atoms with Crippen molar-refractivity contribution in [2.45, 2.75) is 12.7 Å². The molecule has 0 aliphatic carbocycles. The summed E-state index contributed by atoms with van der Waals surface area (Å²) in [6.45, 7) is 0.0382. The number of carbonyl (C=O) groups excluding carboxylic acids is 1. The lowest BCUT2D eigenvalue weighted by molar-refractivity contribution is -0.747. The van der Waals surface area contributed by atoms with Gasteiger partial charge in [0.15, 0.2) is 6.54 Å². The molecule has 3 rings (SSSR count). The van der Waals surface area contributed by atoms with Gasteiger partial charge in [-0.05, 0) is 11.6 Å². The molecule has 7 nitrogen and oxygen atoms in total. The van der Waals surface area contributed by atoms with Gasteiger partial charge in [-0.3, -0.25) is 0 Å². The lowest BCUT2D eigenvalue weighted by Crippen LogP contribution is -2.41. The predicted molar refractivity (Wildman–Crippen MR) is 93.0 cm³/mol. The third-order valence-corrected chi connectivity index (χ3v) is 4.28. The van der Waals surface area contributed by atoms with Crippen LogP contribution in [0.3, 0.4) is 0 Å². The maximum Gasteiger partial charge on any atom is 0.430 e. The van der Waals surface area contributed by atoms with Crippen LogP contribution in [0.4, 0.5) is 13.2 Å². The smallest absolute Gasteiger partial charge is 0.430 e. The number of hydrogen-bond donors (Lipinski definition) is 0. The van der Waals surface area contributed by atoms with Gasteiger partial charge in [0.05, 0.1) is 11.3 Å². The normalized spacial score (nSPS) is 11.6. The molecule has 154 valence electrons. The minimum absolute atomic E-state index is 0.0382. The molecule has 0 saturated carbocycles. The van der Waals surface area contributed by atoms with Crippen LogP contribution in [0, 0.1) is 0 Å². The predicted octanol–water partition coefficient (Wildman–Crippen LogP) is 1.03. The third kappa shape index (κ3) is 6.80. The van der Waals surface area contributed by atoms with E-state index in [2.05, 4.69) is 5.10 Å². The average Bonchev–Trinajstić information content (AvgIpc) is 2.65. The Kier molecular flexibility index (Phi) is 6.88. The minimum atomic E-state index is -5.19. The van der Waals surface area contributed by atoms with Crippen LogP contribution in [0.5, 0.6) is 0 Å². The standard InChI is InChI=1S/C16H14N2O3S.C2HF3O2/c19-22(20,21)11-10-18-12-15(13-6-2-1-3-7-13)14-8-4-5-9-16(14)17-18;3-2(4,5)1(6)7/h1-9,12H,10-11H2;(H,6,7)/p-1. The fourth-order valence-electron chi connectivity index (χ4n) is 2.34. The SMILES string of the molecule is O=C([O-])C(F)(F)F.O=S(=O)([O-])CC[n+]1cc(-c2ccccc2)c2ccccc2n1. The summed E-state index contributed by atoms with van der Waals surface area (Å²) >= 11 is 0. The minimum Gasteiger partial charge on any atom is -0.748 e. The Morgan fingerprint density at radius 2 is 1.59 bits per heavy atom. The number of aliphatic carboxylic acids is 1. The van der Waals surface area contributed by atoms with Crippen LogP contribution in [-0.2, 0) is 21.5 Å². The van der Waals surface area contributed by atoms with Gasteiger partial charge in [-0.15, -0.1) is 0 Å². The molecule has 3 aromatic rings. The van der Waals surface area contributed by atoms with E-state index in [-0.39, 0.29) is 6.54 Å². The number of hydrogen-bond acceptors (Lipinski definition) is 6. The van der Waals surface area contributed by atoms with Crippen LogP contribution in [0.15, 0.2) is 60.8 Å². The van der Waals surface area contributed by atoms with Crippen LogP contribution >= 0.6 is 0 Å². The number of aromatic nitrogens is 2. The summed E-state index contributed by atoms with van der Waals surface area (Å²) in [6.07, 6.45) is -3.41. The summed E-state index contributed by atoms with van der Waals surface area (Å²) in [7, 11) is -4.26. The highest BCUT2D eigenvalue weighted by Gasteiger charge is 2.28. The number of benzene rings is 2. The van der Waals surface area contributed by atoms with Gasteiger partial charge >= 0.3 is 6.18 Å². The lowest BCUT2D eigenvalue weighted by Gasteiger charge is -2.06. The molecule has 0 amide bonds. The monoisotopic (exact) mass is 427 g/mol. The first-order valence-corrected chi connectivity index (χ1v) is 9.62. The molecule has 0 atom stereocenters. The molecule has 0 N–H and O–H groups in total. The second kappa shape index (κ2) is 8.97. The molecule has 29 heavy (non-hydrogen) atoms. The van der Waals surface area contributed by atoms with Crippen molar-refractivity contribution in [3.63, 3.8) is 0 Å². The van der Waals surface area contributed by atoms with Crippen LogP contribution in [0.25, 0.3) is 22.0 Å². The number of carboxylic acids is 1. The largest absolute Gasteiger partial charge is 0.748 e. The summed E-state index contributed by atoms with van der Waals surface area (Å²) < 4.78 is 65.5. The van der Waals surface area contributed by atoms with E-state index in [1.807, 2.05) is 54.6 Å². The Balaban J connectivity index is 0.000000370. The molecule has 0 aliphatic rings. The van der Waals surface area contributed by atoms with Crippen molar-refractivity contribution in [2.24, 2.45) is 0 Å². The molecule has 0 fully saturated rings. The van der Waals surface area contributed by atoms with E-state index in [1.54, 1.807) is 6.20 Å². The van der Waals surface area contributed by atoms with E-state index in [9.17, 15) is 26.1 Å². The molecule has 2 aromatic carbocycles. The topological polar surface area (TPSA) is 114 Å². The van der Waals surface area contributed by atoms with Crippen molar-refractivity contribution in [3.8, 4) is 11.1 Å². The first-order valence-electron chi connectivity index (χ1n) is 8.04. The summed E-state index contributed by atoms with van der Waals surface area (Å²) in [4.78, 5) is 8.78. The molecular weight excluding hydrogens is 413 g/mol. The van der Waals surface area contributed by atoms with Crippen LogP contribution < -0.4 is 9.79 Å². The zero-order valence-corrected chi connectivity index (χ0v) is 15.5. The zero-order chi connectivity index (χ0) is 21.7. The molecule has 0 saturated heterocycles. The van der Waals surface area contributed by atoms with E-state index in [4.69, 9.17) is 9.90 Å². The summed E-state index contributed by atoms with van der Waals surface area (Å²) in [5, 5.41) is 14.1. The maximum absolute atomic E-state index is 10.8. The van der Waals surface area contributed by atoms with Gasteiger partial charge in [0.2, 0.25) is 6.20 Å². The second-order valence-electron chi connectivity index (χ2n) is 5.74. The van der Waals surface area contributed by atoms with Gasteiger partial charge in [0.1, 0.15) is 21.6 Å². The highest BCUT2D eigenvalue weighted by atomic mass is 32.2. The van der Waals surface area contributed by atoms with Crippen molar-refractivity contribution < 1.29 is 40.7 Å². The Hall–Kier alpha value is -3.05. The summed E-state index contributed by atoms with van der Waals surface area (Å²) in [5.41, 5.74) is 2.72. The maximum atomic E-state index is 10.8. The molecule has 0 spiro atoms. The molecule has 1 aromatic heterocycles. The molecule has 1 heterocycles. The van der Waals surface area contributed by atoms with Crippen molar-refractivity contribution in [1.29, 1.82) is 0 Å². The molecule has 0 aliphatic heterocycles. The highest BCUT2D eigenvalue weighted by Crippen LogP contribution is 2.25. The molecular formula is C18H14F3N2O5S-. The summed E-state index contributed by atoms with van der Waals surface area (Å²) in [5.74, 6) is -3.48. The number of alkyl halides is 3. The van der Waals surface area contributed by atoms with Gasteiger partial charge < -0.3 is 14.5 Å². The third-order valence-electron chi connectivity index (χ3n) is 3.60. The fourth-order valence-corrected chi connectivity index (χ4v) is 2.75. The Bertz CT molecular complexity index is 1100. The van der Waals surface area contributed by atoms with Crippen LogP contribution in [0.1, 0.15) is 0 Å². The molecule has 0 unspecified atom stereocenters. The van der Waals surface area contributed by atoms with Crippen LogP contribution in [-0.4, -0.2) is 36.0 Å². The highest BCUT2D eigenvalue weighted by molar-refractivity contribution is 7.85. The second-order valence-corrected chi connectivity index (χ2v) is 7.26. The van der Waals surface area contributed by atoms with Gasteiger partial charge in [-0.25, -0.2) is 8.42 Å². The van der Waals surface area contributed by atoms with E-state index in [0.29, 0.717) is 0 Å². The van der Waals surface area contributed by atoms with Gasteiger partial charge in [0, 0.05) is 10.5 Å². The van der Waals surface area contributed by atoms with Gasteiger partial charge in [-0.1, -0.05) is 53.2 Å². The number of aryl methyl sites for hydroxylation is 1. The van der Waals surface area contributed by atoms with Crippen molar-refractivity contribution in [3.05, 3.63) is 60.8 Å². The van der Waals surface area contributed by atoms with Crippen molar-refractivity contribution in [2.75, 3.05) is 5.75 Å². The zero-order valence-electron chi connectivity index (χ0n) is 14.7. The number of rotatable bonds is 4. The number of carbonyl (C=O) groups is 1. The van der Waals surface area contributed by atoms with Gasteiger partial charge in [-0.2, -0.15) is 13.2 Å². The quantitative estimate of drug-likeness (QED) is 0.454. The first kappa shape index (κ1) is 22.2. The van der Waals surface area contributed by atoms with E-state index in [1.165, 1.54) is 4.68 Å². The van der Waals surface area contributed by atoms with Gasteiger partial charge in [0.25, 0.3) is 0 Å². The van der Waals surface area contributed by atoms with E-state index >= 15 is 0 Å². The Morgan fingerprint density at radius 1 is 1.03 bits per heavy atom. The first-order chi connectivity index (χ1) is 13.5. The summed E-state index contributed by atoms with van der Waals surface area (Å²) in [6, 6.07) is 17.4. The fraction of sp³-hybridized carbons (Fsp3) is 0.167. The Morgan fingerprint density at radius 3 is 2.14 bits per heavy atom. The molecule has 0 bridgehead atoms. The number of carboxylic acid groups (broad SMARTS) is 1. The van der Waals surface area contributed by atoms with Crippen molar-refractivity contribution in [1.82, 2.24) is 5.10 Å². The Labute approximate surface area is 163 Å². The molecule has 0 radical (unpaired) electrons. The molecule has 11 heteroatoms. The van der Waals surface area contributed by atoms with E-state index in [0.717, 1.165) is 22.0 Å². The lowest BCUT2D eigenvalue weighted by atomic mass is 10.0. The average molecular weight is 427 g/mol. The van der Waals surface area contributed by atoms with E-state index < -0.39 is 28.0 Å². The number of halogens is 3. The number of fused-ring (bicyclic) bond motifs is 1. The van der Waals surface area contributed by atoms with Crippen LogP contribution in [0.2, 0.25) is 0 Å². The van der Waals surface area contributed by atoms with Crippen molar-refractivity contribution >= 4 is 27.0 Å². The number of nitrogens with zero attached hydrogens (tertiary/aromatic N) is 2.